The zero-order valence-electron chi connectivity index (χ0n) is 14.1. The summed E-state index contributed by atoms with van der Waals surface area (Å²) >= 11 is 0. The Morgan fingerprint density at radius 2 is 1.96 bits per heavy atom. The molecule has 5 nitrogen and oxygen atoms in total. The lowest BCUT2D eigenvalue weighted by molar-refractivity contribution is -0.140. The standard InChI is InChI=1S/C18H27N3O2/c1-13-3-4-17(19-11-13)20-9-6-15(7-10-20)18(23)21-8-5-14(2)16(22)12-21/h3-4,11,14-16,22H,5-10,12H2,1-2H3. The summed E-state index contributed by atoms with van der Waals surface area (Å²) < 4.78 is 0. The first-order chi connectivity index (χ1) is 11.0. The van der Waals surface area contributed by atoms with Crippen LogP contribution in [0, 0.1) is 18.8 Å². The second kappa shape index (κ2) is 6.87. The Kier molecular flexibility index (Phi) is 4.85. The number of rotatable bonds is 2. The maximum Gasteiger partial charge on any atom is 0.225 e. The Labute approximate surface area is 138 Å². The smallest absolute Gasteiger partial charge is 0.225 e. The van der Waals surface area contributed by atoms with Crippen molar-refractivity contribution in [3.63, 3.8) is 0 Å². The lowest BCUT2D eigenvalue weighted by Crippen LogP contribution is -2.49. The molecule has 1 aromatic heterocycles. The van der Waals surface area contributed by atoms with Crippen molar-refractivity contribution < 1.29 is 9.90 Å². The molecule has 3 heterocycles. The molecule has 2 unspecified atom stereocenters. The van der Waals surface area contributed by atoms with E-state index in [2.05, 4.69) is 28.9 Å². The molecule has 2 atom stereocenters. The highest BCUT2D eigenvalue weighted by Gasteiger charge is 2.33. The van der Waals surface area contributed by atoms with Crippen molar-refractivity contribution in [1.29, 1.82) is 0 Å². The quantitative estimate of drug-likeness (QED) is 0.904. The lowest BCUT2D eigenvalue weighted by Gasteiger charge is -2.38. The summed E-state index contributed by atoms with van der Waals surface area (Å²) in [5.74, 6) is 1.63. The molecular weight excluding hydrogens is 290 g/mol. The van der Waals surface area contributed by atoms with Crippen LogP contribution in [0.4, 0.5) is 5.82 Å². The van der Waals surface area contributed by atoms with Crippen molar-refractivity contribution in [2.24, 2.45) is 11.8 Å². The highest BCUT2D eigenvalue weighted by molar-refractivity contribution is 5.79. The minimum atomic E-state index is -0.371. The third-order valence-electron chi connectivity index (χ3n) is 5.29. The molecule has 1 aromatic rings. The fourth-order valence-electron chi connectivity index (χ4n) is 3.51. The molecule has 5 heteroatoms. The number of aliphatic hydroxyl groups excluding tert-OH is 1. The van der Waals surface area contributed by atoms with Crippen molar-refractivity contribution in [3.8, 4) is 0 Å². The summed E-state index contributed by atoms with van der Waals surface area (Å²) in [5.41, 5.74) is 1.16. The van der Waals surface area contributed by atoms with Gasteiger partial charge in [0.05, 0.1) is 6.10 Å². The molecule has 2 fully saturated rings. The maximum absolute atomic E-state index is 12.7. The second-order valence-corrected chi connectivity index (χ2v) is 7.07. The molecule has 1 amide bonds. The van der Waals surface area contributed by atoms with E-state index in [1.54, 1.807) is 0 Å². The number of likely N-dealkylation sites (tertiary alicyclic amines) is 1. The normalized spacial score (nSPS) is 26.4. The molecule has 3 rings (SSSR count). The van der Waals surface area contributed by atoms with E-state index in [4.69, 9.17) is 0 Å². The van der Waals surface area contributed by atoms with Gasteiger partial charge < -0.3 is 14.9 Å². The van der Waals surface area contributed by atoms with E-state index in [0.717, 1.165) is 50.3 Å². The number of aryl methyl sites for hydroxylation is 1. The number of carbonyl (C=O) groups excluding carboxylic acids is 1. The molecule has 0 radical (unpaired) electrons. The zero-order chi connectivity index (χ0) is 16.4. The summed E-state index contributed by atoms with van der Waals surface area (Å²) in [5, 5.41) is 10.00. The lowest BCUT2D eigenvalue weighted by atomic mass is 9.91. The summed E-state index contributed by atoms with van der Waals surface area (Å²) in [6, 6.07) is 4.13. The van der Waals surface area contributed by atoms with Gasteiger partial charge in [-0.15, -0.1) is 0 Å². The van der Waals surface area contributed by atoms with Crippen LogP contribution in [0.2, 0.25) is 0 Å². The van der Waals surface area contributed by atoms with Gasteiger partial charge in [-0.2, -0.15) is 0 Å². The SMILES string of the molecule is Cc1ccc(N2CCC(C(=O)N3CCC(C)C(O)C3)CC2)nc1. The topological polar surface area (TPSA) is 56.7 Å². The van der Waals surface area contributed by atoms with E-state index in [0.29, 0.717) is 12.5 Å². The van der Waals surface area contributed by atoms with Crippen LogP contribution < -0.4 is 4.90 Å². The Morgan fingerprint density at radius 3 is 2.57 bits per heavy atom. The molecule has 2 saturated heterocycles. The van der Waals surface area contributed by atoms with Crippen molar-refractivity contribution >= 4 is 11.7 Å². The molecule has 2 aliphatic heterocycles. The summed E-state index contributed by atoms with van der Waals surface area (Å²) in [4.78, 5) is 21.3. The van der Waals surface area contributed by atoms with Gasteiger partial charge in [0.15, 0.2) is 0 Å². The van der Waals surface area contributed by atoms with E-state index in [1.165, 1.54) is 0 Å². The summed E-state index contributed by atoms with van der Waals surface area (Å²) in [6.45, 7) is 7.13. The summed E-state index contributed by atoms with van der Waals surface area (Å²) in [7, 11) is 0. The summed E-state index contributed by atoms with van der Waals surface area (Å²) in [6.07, 6.45) is 4.17. The van der Waals surface area contributed by atoms with Crippen molar-refractivity contribution in [2.45, 2.75) is 39.2 Å². The number of hydrogen-bond acceptors (Lipinski definition) is 4. The van der Waals surface area contributed by atoms with Gasteiger partial charge in [0.2, 0.25) is 5.91 Å². The van der Waals surface area contributed by atoms with Crippen LogP contribution in [-0.2, 0) is 4.79 Å². The number of pyridine rings is 1. The molecule has 23 heavy (non-hydrogen) atoms. The predicted molar refractivity (Wildman–Crippen MR) is 90.3 cm³/mol. The number of anilines is 1. The number of aliphatic hydroxyl groups is 1. The molecule has 1 N–H and O–H groups in total. The Balaban J connectivity index is 1.54. The van der Waals surface area contributed by atoms with Gasteiger partial charge >= 0.3 is 0 Å². The van der Waals surface area contributed by atoms with Crippen molar-refractivity contribution in [1.82, 2.24) is 9.88 Å². The van der Waals surface area contributed by atoms with Gasteiger partial charge in [0.25, 0.3) is 0 Å². The molecule has 0 aromatic carbocycles. The van der Waals surface area contributed by atoms with Gasteiger partial charge in [-0.1, -0.05) is 13.0 Å². The monoisotopic (exact) mass is 317 g/mol. The van der Waals surface area contributed by atoms with Crippen LogP contribution in [0.15, 0.2) is 18.3 Å². The zero-order valence-corrected chi connectivity index (χ0v) is 14.1. The van der Waals surface area contributed by atoms with Crippen LogP contribution in [0.25, 0.3) is 0 Å². The molecule has 126 valence electrons. The van der Waals surface area contributed by atoms with Crippen molar-refractivity contribution in [3.05, 3.63) is 23.9 Å². The van der Waals surface area contributed by atoms with E-state index < -0.39 is 0 Å². The van der Waals surface area contributed by atoms with Gasteiger partial charge in [-0.25, -0.2) is 4.98 Å². The number of piperidine rings is 2. The Bertz CT molecular complexity index is 538. The molecule has 2 aliphatic rings. The predicted octanol–water partition coefficient (Wildman–Crippen LogP) is 1.84. The van der Waals surface area contributed by atoms with Gasteiger partial charge in [-0.05, 0) is 43.7 Å². The third-order valence-corrected chi connectivity index (χ3v) is 5.29. The Hall–Kier alpha value is -1.62. The van der Waals surface area contributed by atoms with Gasteiger partial charge in [0.1, 0.15) is 5.82 Å². The Morgan fingerprint density at radius 1 is 1.22 bits per heavy atom. The average molecular weight is 317 g/mol. The number of β-amino-alcohol motifs (C(OH)–C–C–N with tert-alkyl or cyclic N) is 1. The average Bonchev–Trinajstić information content (AvgIpc) is 2.57. The molecule has 0 spiro atoms. The number of amides is 1. The highest BCUT2D eigenvalue weighted by Crippen LogP contribution is 2.25. The fourth-order valence-corrected chi connectivity index (χ4v) is 3.51. The van der Waals surface area contributed by atoms with Crippen LogP contribution in [0.3, 0.4) is 0 Å². The van der Waals surface area contributed by atoms with Crippen LogP contribution >= 0.6 is 0 Å². The van der Waals surface area contributed by atoms with E-state index >= 15 is 0 Å². The molecular formula is C18H27N3O2. The van der Waals surface area contributed by atoms with Gasteiger partial charge in [0, 0.05) is 38.3 Å². The van der Waals surface area contributed by atoms with Crippen LogP contribution in [0.1, 0.15) is 31.7 Å². The molecule has 0 saturated carbocycles. The number of carbonyl (C=O) groups is 1. The van der Waals surface area contributed by atoms with E-state index in [9.17, 15) is 9.90 Å². The first-order valence-electron chi connectivity index (χ1n) is 8.69. The number of aromatic nitrogens is 1. The van der Waals surface area contributed by atoms with Crippen LogP contribution in [-0.4, -0.2) is 53.2 Å². The van der Waals surface area contributed by atoms with E-state index in [-0.39, 0.29) is 17.9 Å². The number of hydrogen-bond donors (Lipinski definition) is 1. The largest absolute Gasteiger partial charge is 0.391 e. The first kappa shape index (κ1) is 16.2. The van der Waals surface area contributed by atoms with Crippen LogP contribution in [0.5, 0.6) is 0 Å². The minimum Gasteiger partial charge on any atom is -0.391 e. The molecule has 0 aliphatic carbocycles. The third kappa shape index (κ3) is 3.66. The fraction of sp³-hybridized carbons (Fsp3) is 0.667. The maximum atomic E-state index is 12.7. The molecule has 0 bridgehead atoms. The minimum absolute atomic E-state index is 0.0947. The van der Waals surface area contributed by atoms with Crippen molar-refractivity contribution in [2.75, 3.05) is 31.1 Å². The van der Waals surface area contributed by atoms with Gasteiger partial charge in [-0.3, -0.25) is 4.79 Å². The van der Waals surface area contributed by atoms with E-state index in [1.807, 2.05) is 18.0 Å². The second-order valence-electron chi connectivity index (χ2n) is 7.07. The highest BCUT2D eigenvalue weighted by atomic mass is 16.3. The first-order valence-corrected chi connectivity index (χ1v) is 8.69. The number of nitrogens with zero attached hydrogens (tertiary/aromatic N) is 3.